The van der Waals surface area contributed by atoms with Crippen LogP contribution in [0.5, 0.6) is 0 Å². The van der Waals surface area contributed by atoms with Gasteiger partial charge in [0.25, 0.3) is 0 Å². The van der Waals surface area contributed by atoms with E-state index in [2.05, 4.69) is 11.9 Å². The first-order chi connectivity index (χ1) is 12.6. The average molecular weight is 360 g/mol. The summed E-state index contributed by atoms with van der Waals surface area (Å²) in [7, 11) is 0. The lowest BCUT2D eigenvalue weighted by Crippen LogP contribution is -2.23. The van der Waals surface area contributed by atoms with Crippen LogP contribution in [0.2, 0.25) is 0 Å². The maximum absolute atomic E-state index is 14.4. The number of unbranched alkanes of at least 4 members (excludes halogenated alkanes) is 3. The van der Waals surface area contributed by atoms with Crippen LogP contribution >= 0.6 is 0 Å². The quantitative estimate of drug-likeness (QED) is 0.477. The lowest BCUT2D eigenvalue weighted by Gasteiger charge is -2.29. The smallest absolute Gasteiger partial charge is 0.274 e. The van der Waals surface area contributed by atoms with Crippen molar-refractivity contribution in [3.63, 3.8) is 0 Å². The minimum absolute atomic E-state index is 0.0175. The van der Waals surface area contributed by atoms with Crippen LogP contribution in [-0.4, -0.2) is 9.55 Å². The molecule has 0 aliphatic heterocycles. The van der Waals surface area contributed by atoms with Gasteiger partial charge in [0.05, 0.1) is 6.33 Å². The Bertz CT molecular complexity index is 641. The fourth-order valence-corrected chi connectivity index (χ4v) is 4.17. The Labute approximate surface area is 155 Å². The van der Waals surface area contributed by atoms with E-state index in [9.17, 15) is 8.78 Å². The van der Waals surface area contributed by atoms with Crippen molar-refractivity contribution in [2.45, 2.75) is 76.7 Å². The van der Waals surface area contributed by atoms with Crippen LogP contribution in [0.15, 0.2) is 43.0 Å². The van der Waals surface area contributed by atoms with Gasteiger partial charge in [-0.1, -0.05) is 63.3 Å². The monoisotopic (exact) mass is 360 g/mol. The molecule has 1 fully saturated rings. The maximum atomic E-state index is 14.4. The van der Waals surface area contributed by atoms with Gasteiger partial charge >= 0.3 is 6.05 Å². The van der Waals surface area contributed by atoms with E-state index in [1.165, 1.54) is 75.7 Å². The van der Waals surface area contributed by atoms with Crippen molar-refractivity contribution in [2.75, 3.05) is 0 Å². The Kier molecular flexibility index (Phi) is 6.44. The van der Waals surface area contributed by atoms with Gasteiger partial charge in [0.1, 0.15) is 0 Å². The van der Waals surface area contributed by atoms with Crippen LogP contribution in [0.4, 0.5) is 8.78 Å². The number of halogens is 2. The maximum Gasteiger partial charge on any atom is 0.357 e. The van der Waals surface area contributed by atoms with Gasteiger partial charge in [0, 0.05) is 18.0 Å². The highest BCUT2D eigenvalue weighted by atomic mass is 19.3. The lowest BCUT2D eigenvalue weighted by molar-refractivity contribution is -0.0365. The number of hydrogen-bond donors (Lipinski definition) is 0. The first kappa shape index (κ1) is 19.1. The third kappa shape index (κ3) is 4.52. The molecule has 0 saturated heterocycles. The van der Waals surface area contributed by atoms with Gasteiger partial charge in [-0.3, -0.25) is 4.57 Å². The zero-order valence-electron chi connectivity index (χ0n) is 15.7. The molecule has 1 aromatic carbocycles. The van der Waals surface area contributed by atoms with Crippen molar-refractivity contribution in [2.24, 2.45) is 5.92 Å². The molecule has 0 atom stereocenters. The third-order valence-electron chi connectivity index (χ3n) is 5.87. The van der Waals surface area contributed by atoms with E-state index >= 15 is 0 Å². The van der Waals surface area contributed by atoms with E-state index in [-0.39, 0.29) is 5.56 Å². The number of alkyl halides is 2. The molecule has 1 saturated carbocycles. The molecule has 2 aromatic rings. The van der Waals surface area contributed by atoms with Gasteiger partial charge in [-0.05, 0) is 43.1 Å². The van der Waals surface area contributed by atoms with Crippen molar-refractivity contribution in [1.82, 2.24) is 9.55 Å². The Morgan fingerprint density at radius 2 is 1.77 bits per heavy atom. The second-order valence-electron chi connectivity index (χ2n) is 7.70. The Hall–Kier alpha value is -1.71. The molecule has 0 amide bonds. The van der Waals surface area contributed by atoms with E-state index in [1.54, 1.807) is 12.1 Å². The second-order valence-corrected chi connectivity index (χ2v) is 7.70. The predicted octanol–water partition coefficient (Wildman–Crippen LogP) is 6.72. The van der Waals surface area contributed by atoms with Gasteiger partial charge in [0.2, 0.25) is 0 Å². The Morgan fingerprint density at radius 1 is 1.04 bits per heavy atom. The summed E-state index contributed by atoms with van der Waals surface area (Å²) < 4.78 is 29.7. The van der Waals surface area contributed by atoms with Crippen LogP contribution in [0.25, 0.3) is 0 Å². The van der Waals surface area contributed by atoms with Crippen LogP contribution < -0.4 is 0 Å². The molecule has 4 heteroatoms. The minimum Gasteiger partial charge on any atom is -0.274 e. The summed E-state index contributed by atoms with van der Waals surface area (Å²) in [5, 5.41) is 0. The summed E-state index contributed by atoms with van der Waals surface area (Å²) >= 11 is 0. The summed E-state index contributed by atoms with van der Waals surface area (Å²) in [4.78, 5) is 3.73. The first-order valence-electron chi connectivity index (χ1n) is 10.1. The summed E-state index contributed by atoms with van der Waals surface area (Å²) in [5.74, 6) is 1.39. The van der Waals surface area contributed by atoms with E-state index in [1.807, 2.05) is 12.1 Å². The highest BCUT2D eigenvalue weighted by molar-refractivity contribution is 5.28. The van der Waals surface area contributed by atoms with Gasteiger partial charge in [-0.15, -0.1) is 0 Å². The molecule has 0 unspecified atom stereocenters. The fraction of sp³-hybridized carbons (Fsp3) is 0.591. The van der Waals surface area contributed by atoms with E-state index in [4.69, 9.17) is 0 Å². The largest absolute Gasteiger partial charge is 0.357 e. The number of rotatable bonds is 8. The predicted molar refractivity (Wildman–Crippen MR) is 101 cm³/mol. The molecular formula is C22H30F2N2. The Balaban J connectivity index is 1.54. The minimum atomic E-state index is -3.05. The van der Waals surface area contributed by atoms with Gasteiger partial charge in [0.15, 0.2) is 0 Å². The van der Waals surface area contributed by atoms with E-state index in [0.717, 1.165) is 16.8 Å². The number of benzene rings is 1. The Morgan fingerprint density at radius 3 is 2.38 bits per heavy atom. The molecule has 1 aromatic heterocycles. The standard InChI is InChI=1S/C22H30F2N2/c1-2-3-4-5-6-18-7-9-19(10-8-18)20-11-13-21(14-12-20)22(23,24)26-16-15-25-17-26/h11-19H,2-10H2,1H3. The third-order valence-corrected chi connectivity index (χ3v) is 5.87. The summed E-state index contributed by atoms with van der Waals surface area (Å²) in [6.45, 7) is 2.25. The zero-order valence-corrected chi connectivity index (χ0v) is 15.7. The molecule has 3 rings (SSSR count). The molecule has 142 valence electrons. The van der Waals surface area contributed by atoms with Crippen molar-refractivity contribution in [3.05, 3.63) is 54.1 Å². The zero-order chi connectivity index (χ0) is 18.4. The first-order valence-corrected chi connectivity index (χ1v) is 10.1. The normalized spacial score (nSPS) is 21.0. The topological polar surface area (TPSA) is 17.8 Å². The van der Waals surface area contributed by atoms with Crippen LogP contribution in [0, 0.1) is 5.92 Å². The molecule has 1 aliphatic carbocycles. The van der Waals surface area contributed by atoms with Crippen LogP contribution in [-0.2, 0) is 6.05 Å². The summed E-state index contributed by atoms with van der Waals surface area (Å²) in [6, 6.07) is 3.89. The average Bonchev–Trinajstić information content (AvgIpc) is 3.22. The molecule has 0 N–H and O–H groups in total. The van der Waals surface area contributed by atoms with Gasteiger partial charge in [-0.2, -0.15) is 8.78 Å². The molecule has 2 nitrogen and oxygen atoms in total. The van der Waals surface area contributed by atoms with Crippen LogP contribution in [0.3, 0.4) is 0 Å². The summed E-state index contributed by atoms with van der Waals surface area (Å²) in [6.07, 6.45) is 15.5. The van der Waals surface area contributed by atoms with Crippen LogP contribution in [0.1, 0.15) is 81.8 Å². The van der Waals surface area contributed by atoms with Crippen molar-refractivity contribution >= 4 is 0 Å². The van der Waals surface area contributed by atoms with E-state index in [0.29, 0.717) is 5.92 Å². The highest BCUT2D eigenvalue weighted by Crippen LogP contribution is 2.38. The lowest BCUT2D eigenvalue weighted by atomic mass is 9.77. The number of aromatic nitrogens is 2. The molecule has 1 aliphatic rings. The molecule has 0 spiro atoms. The molecule has 1 heterocycles. The molecule has 26 heavy (non-hydrogen) atoms. The van der Waals surface area contributed by atoms with Gasteiger partial charge < -0.3 is 0 Å². The van der Waals surface area contributed by atoms with Crippen molar-refractivity contribution in [3.8, 4) is 0 Å². The molecule has 0 bridgehead atoms. The van der Waals surface area contributed by atoms with E-state index < -0.39 is 6.05 Å². The second kappa shape index (κ2) is 8.79. The van der Waals surface area contributed by atoms with Crippen molar-refractivity contribution < 1.29 is 8.78 Å². The van der Waals surface area contributed by atoms with Gasteiger partial charge in [-0.25, -0.2) is 4.98 Å². The number of imidazole rings is 1. The molecular weight excluding hydrogens is 330 g/mol. The van der Waals surface area contributed by atoms with Crippen molar-refractivity contribution in [1.29, 1.82) is 0 Å². The highest BCUT2D eigenvalue weighted by Gasteiger charge is 2.33. The SMILES string of the molecule is CCCCCCC1CCC(c2ccc(C(F)(F)n3ccnc3)cc2)CC1. The number of nitrogens with zero attached hydrogens (tertiary/aromatic N) is 2. The summed E-state index contributed by atoms with van der Waals surface area (Å²) in [5.41, 5.74) is 1.23. The molecule has 0 radical (unpaired) electrons. The fourth-order valence-electron chi connectivity index (χ4n) is 4.17. The number of hydrogen-bond acceptors (Lipinski definition) is 1.